The van der Waals surface area contributed by atoms with Crippen LogP contribution in [0, 0.1) is 11.7 Å². The van der Waals surface area contributed by atoms with Gasteiger partial charge in [-0.1, -0.05) is 6.92 Å². The summed E-state index contributed by atoms with van der Waals surface area (Å²) in [5.74, 6) is 0.347. The fraction of sp³-hybridized carbons (Fsp3) is 0.625. The van der Waals surface area contributed by atoms with E-state index in [2.05, 4.69) is 11.8 Å². The monoisotopic (exact) mass is 296 g/mol. The zero-order valence-electron chi connectivity index (χ0n) is 13.2. The summed E-state index contributed by atoms with van der Waals surface area (Å²) in [7, 11) is 1.73. The minimum absolute atomic E-state index is 0.0796. The second-order valence-electron chi connectivity index (χ2n) is 5.99. The van der Waals surface area contributed by atoms with Crippen LogP contribution < -0.4 is 15.4 Å². The average molecular weight is 296 g/mol. The van der Waals surface area contributed by atoms with Crippen LogP contribution in [-0.2, 0) is 4.74 Å². The first-order valence-corrected chi connectivity index (χ1v) is 7.45. The number of rotatable bonds is 4. The number of nitrogens with two attached hydrogens (primary N) is 1. The van der Waals surface area contributed by atoms with Crippen LogP contribution in [-0.4, -0.2) is 32.4 Å². The van der Waals surface area contributed by atoms with Gasteiger partial charge >= 0.3 is 0 Å². The first-order chi connectivity index (χ1) is 9.92. The van der Waals surface area contributed by atoms with Crippen molar-refractivity contribution in [2.75, 3.05) is 30.8 Å². The largest absolute Gasteiger partial charge is 0.488 e. The molecule has 1 aromatic carbocycles. The smallest absolute Gasteiger partial charge is 0.167 e. The standard InChI is InChI=1S/C16H25FN2O2/c1-10(2)21-15-8-14(13(18)7-12(15)17)19-6-5-11(3)16(9-19)20-4/h7-8,10-11,16H,5-6,9,18H2,1-4H3. The van der Waals surface area contributed by atoms with E-state index in [1.54, 1.807) is 13.2 Å². The molecule has 1 aliphatic rings. The maximum absolute atomic E-state index is 13.9. The third kappa shape index (κ3) is 3.59. The van der Waals surface area contributed by atoms with Crippen LogP contribution in [0.5, 0.6) is 5.75 Å². The van der Waals surface area contributed by atoms with Crippen molar-refractivity contribution in [3.8, 4) is 5.75 Å². The van der Waals surface area contributed by atoms with Crippen molar-refractivity contribution in [3.05, 3.63) is 17.9 Å². The van der Waals surface area contributed by atoms with Gasteiger partial charge in [-0.25, -0.2) is 4.39 Å². The lowest BCUT2D eigenvalue weighted by Gasteiger charge is -2.38. The molecular weight excluding hydrogens is 271 g/mol. The van der Waals surface area contributed by atoms with Crippen LogP contribution >= 0.6 is 0 Å². The molecule has 1 heterocycles. The Labute approximate surface area is 126 Å². The molecule has 1 fully saturated rings. The first kappa shape index (κ1) is 15.9. The molecule has 118 valence electrons. The van der Waals surface area contributed by atoms with E-state index < -0.39 is 5.82 Å². The number of benzene rings is 1. The first-order valence-electron chi connectivity index (χ1n) is 7.45. The lowest BCUT2D eigenvalue weighted by atomic mass is 9.95. The van der Waals surface area contributed by atoms with Crippen molar-refractivity contribution in [3.63, 3.8) is 0 Å². The van der Waals surface area contributed by atoms with E-state index in [4.69, 9.17) is 15.2 Å². The minimum Gasteiger partial charge on any atom is -0.488 e. The number of hydrogen-bond donors (Lipinski definition) is 1. The number of nitrogen functional groups attached to an aromatic ring is 1. The second kappa shape index (κ2) is 6.52. The number of hydrogen-bond acceptors (Lipinski definition) is 4. The van der Waals surface area contributed by atoms with Gasteiger partial charge in [0.2, 0.25) is 0 Å². The van der Waals surface area contributed by atoms with Gasteiger partial charge in [0.25, 0.3) is 0 Å². The molecule has 0 bridgehead atoms. The highest BCUT2D eigenvalue weighted by Gasteiger charge is 2.27. The third-order valence-electron chi connectivity index (χ3n) is 3.98. The van der Waals surface area contributed by atoms with Gasteiger partial charge in [0.15, 0.2) is 11.6 Å². The van der Waals surface area contributed by atoms with Gasteiger partial charge in [-0.3, -0.25) is 0 Å². The Hall–Kier alpha value is -1.49. The summed E-state index contributed by atoms with van der Waals surface area (Å²) in [5, 5.41) is 0. The number of halogens is 1. The van der Waals surface area contributed by atoms with E-state index in [0.717, 1.165) is 25.2 Å². The molecular formula is C16H25FN2O2. The molecule has 21 heavy (non-hydrogen) atoms. The number of nitrogens with zero attached hydrogens (tertiary/aromatic N) is 1. The summed E-state index contributed by atoms with van der Waals surface area (Å²) >= 11 is 0. The summed E-state index contributed by atoms with van der Waals surface area (Å²) in [6.07, 6.45) is 1.11. The Kier molecular flexibility index (Phi) is 4.93. The van der Waals surface area contributed by atoms with E-state index in [0.29, 0.717) is 11.6 Å². The number of methoxy groups -OCH3 is 1. The van der Waals surface area contributed by atoms with Crippen LogP contribution in [0.15, 0.2) is 12.1 Å². The van der Waals surface area contributed by atoms with Crippen LogP contribution in [0.2, 0.25) is 0 Å². The summed E-state index contributed by atoms with van der Waals surface area (Å²) in [5.41, 5.74) is 7.25. The molecule has 1 aliphatic heterocycles. The molecule has 0 radical (unpaired) electrons. The van der Waals surface area contributed by atoms with E-state index in [-0.39, 0.29) is 18.0 Å². The fourth-order valence-corrected chi connectivity index (χ4v) is 2.74. The number of piperidine rings is 1. The molecule has 0 amide bonds. The summed E-state index contributed by atoms with van der Waals surface area (Å²) in [6, 6.07) is 3.04. The van der Waals surface area contributed by atoms with Gasteiger partial charge in [0.05, 0.1) is 23.6 Å². The zero-order chi connectivity index (χ0) is 15.6. The second-order valence-corrected chi connectivity index (χ2v) is 5.99. The SMILES string of the molecule is COC1CN(c2cc(OC(C)C)c(F)cc2N)CCC1C. The van der Waals surface area contributed by atoms with Gasteiger partial charge in [0, 0.05) is 32.3 Å². The van der Waals surface area contributed by atoms with Crippen molar-refractivity contribution in [1.82, 2.24) is 0 Å². The van der Waals surface area contributed by atoms with E-state index in [1.165, 1.54) is 6.07 Å². The maximum Gasteiger partial charge on any atom is 0.167 e. The third-order valence-corrected chi connectivity index (χ3v) is 3.98. The Morgan fingerprint density at radius 2 is 2.10 bits per heavy atom. The number of ether oxygens (including phenoxy) is 2. The van der Waals surface area contributed by atoms with Crippen LogP contribution in [0.25, 0.3) is 0 Å². The molecule has 2 N–H and O–H groups in total. The topological polar surface area (TPSA) is 47.7 Å². The van der Waals surface area contributed by atoms with E-state index >= 15 is 0 Å². The molecule has 1 saturated heterocycles. The van der Waals surface area contributed by atoms with E-state index in [9.17, 15) is 4.39 Å². The summed E-state index contributed by atoms with van der Waals surface area (Å²) in [4.78, 5) is 2.15. The summed E-state index contributed by atoms with van der Waals surface area (Å²) in [6.45, 7) is 7.58. The highest BCUT2D eigenvalue weighted by atomic mass is 19.1. The predicted molar refractivity (Wildman–Crippen MR) is 83.4 cm³/mol. The normalized spacial score (nSPS) is 22.7. The molecule has 0 aliphatic carbocycles. The van der Waals surface area contributed by atoms with Crippen molar-refractivity contribution in [2.45, 2.75) is 39.4 Å². The average Bonchev–Trinajstić information content (AvgIpc) is 2.42. The highest BCUT2D eigenvalue weighted by molar-refractivity contribution is 5.70. The van der Waals surface area contributed by atoms with Gasteiger partial charge in [-0.15, -0.1) is 0 Å². The Morgan fingerprint density at radius 1 is 1.38 bits per heavy atom. The summed E-state index contributed by atoms with van der Waals surface area (Å²) < 4.78 is 25.0. The Morgan fingerprint density at radius 3 is 2.71 bits per heavy atom. The van der Waals surface area contributed by atoms with Crippen molar-refractivity contribution in [1.29, 1.82) is 0 Å². The fourth-order valence-electron chi connectivity index (χ4n) is 2.74. The Balaban J connectivity index is 2.26. The number of anilines is 2. The lowest BCUT2D eigenvalue weighted by molar-refractivity contribution is 0.0498. The van der Waals surface area contributed by atoms with Gasteiger partial charge in [0.1, 0.15) is 0 Å². The molecule has 0 aromatic heterocycles. The predicted octanol–water partition coefficient (Wildman–Crippen LogP) is 3.06. The minimum atomic E-state index is -0.418. The molecule has 4 nitrogen and oxygen atoms in total. The van der Waals surface area contributed by atoms with E-state index in [1.807, 2.05) is 13.8 Å². The van der Waals surface area contributed by atoms with Crippen molar-refractivity contribution < 1.29 is 13.9 Å². The van der Waals surface area contributed by atoms with Crippen LogP contribution in [0.3, 0.4) is 0 Å². The Bertz CT molecular complexity index is 493. The molecule has 2 atom stereocenters. The van der Waals surface area contributed by atoms with Crippen molar-refractivity contribution in [2.24, 2.45) is 5.92 Å². The van der Waals surface area contributed by atoms with Crippen molar-refractivity contribution >= 4 is 11.4 Å². The molecule has 0 saturated carbocycles. The molecule has 5 heteroatoms. The van der Waals surface area contributed by atoms with Gasteiger partial charge in [-0.2, -0.15) is 0 Å². The zero-order valence-corrected chi connectivity index (χ0v) is 13.2. The quantitative estimate of drug-likeness (QED) is 0.868. The molecule has 0 spiro atoms. The highest BCUT2D eigenvalue weighted by Crippen LogP contribution is 2.34. The molecule has 2 rings (SSSR count). The van der Waals surface area contributed by atoms with Crippen LogP contribution in [0.1, 0.15) is 27.2 Å². The van der Waals surface area contributed by atoms with Gasteiger partial charge in [-0.05, 0) is 26.2 Å². The lowest BCUT2D eigenvalue weighted by Crippen LogP contribution is -2.44. The molecule has 2 unspecified atom stereocenters. The maximum atomic E-state index is 13.9. The van der Waals surface area contributed by atoms with Crippen LogP contribution in [0.4, 0.5) is 15.8 Å². The van der Waals surface area contributed by atoms with Gasteiger partial charge < -0.3 is 20.1 Å². The molecule has 1 aromatic rings.